The van der Waals surface area contributed by atoms with Gasteiger partial charge in [-0.2, -0.15) is 0 Å². The molecule has 0 aromatic rings. The minimum Gasteiger partial charge on any atom is -0.101 e. The summed E-state index contributed by atoms with van der Waals surface area (Å²) in [6.07, 6.45) is 16.0. The predicted molar refractivity (Wildman–Crippen MR) is 67.4 cm³/mol. The first kappa shape index (κ1) is 11.5. The normalized spacial score (nSPS) is 39.3. The molecule has 0 saturated heterocycles. The highest BCUT2D eigenvalue weighted by Gasteiger charge is 2.61. The number of fused-ring (bicyclic) bond motifs is 1. The van der Waals surface area contributed by atoms with Crippen molar-refractivity contribution >= 4 is 23.2 Å². The van der Waals surface area contributed by atoms with E-state index in [0.29, 0.717) is 11.8 Å². The maximum absolute atomic E-state index is 6.26. The third kappa shape index (κ3) is 2.79. The van der Waals surface area contributed by atoms with Crippen molar-refractivity contribution in [2.45, 2.75) is 42.9 Å². The van der Waals surface area contributed by atoms with Gasteiger partial charge >= 0.3 is 0 Å². The van der Waals surface area contributed by atoms with Crippen molar-refractivity contribution in [1.82, 2.24) is 0 Å². The van der Waals surface area contributed by atoms with Crippen LogP contribution in [0.5, 0.6) is 0 Å². The molecule has 0 bridgehead atoms. The fourth-order valence-electron chi connectivity index (χ4n) is 2.46. The molecule has 84 valence electrons. The van der Waals surface area contributed by atoms with Crippen LogP contribution in [0.2, 0.25) is 0 Å². The highest BCUT2D eigenvalue weighted by molar-refractivity contribution is 6.51. The molecule has 0 heterocycles. The highest BCUT2D eigenvalue weighted by Crippen LogP contribution is 2.63. The van der Waals surface area contributed by atoms with E-state index in [2.05, 4.69) is 24.3 Å². The lowest BCUT2D eigenvalue weighted by Crippen LogP contribution is -1.90. The number of rotatable bonds is 0. The lowest BCUT2D eigenvalue weighted by atomic mass is 10.1. The van der Waals surface area contributed by atoms with Crippen LogP contribution in [-0.2, 0) is 0 Å². The van der Waals surface area contributed by atoms with Gasteiger partial charge in [-0.1, -0.05) is 24.3 Å². The van der Waals surface area contributed by atoms with Gasteiger partial charge in [0, 0.05) is 0 Å². The van der Waals surface area contributed by atoms with E-state index in [0.717, 1.165) is 38.5 Å². The van der Waals surface area contributed by atoms with Crippen LogP contribution in [0.3, 0.4) is 0 Å². The molecule has 2 heteroatoms. The molecule has 0 spiro atoms. The van der Waals surface area contributed by atoms with E-state index in [1.165, 1.54) is 0 Å². The summed E-state index contributed by atoms with van der Waals surface area (Å²) in [4.78, 5) is 0. The molecule has 0 nitrogen and oxygen atoms in total. The highest BCUT2D eigenvalue weighted by atomic mass is 35.5. The number of hydrogen-bond donors (Lipinski definition) is 0. The molecule has 0 aromatic carbocycles. The maximum atomic E-state index is 6.26. The molecule has 1 saturated carbocycles. The fourth-order valence-corrected chi connectivity index (χ4v) is 3.38. The smallest absolute Gasteiger partial charge is 0.101 e. The summed E-state index contributed by atoms with van der Waals surface area (Å²) >= 11 is 12.5. The lowest BCUT2D eigenvalue weighted by Gasteiger charge is -1.96. The summed E-state index contributed by atoms with van der Waals surface area (Å²) in [7, 11) is 0. The van der Waals surface area contributed by atoms with Gasteiger partial charge in [0.15, 0.2) is 0 Å². The topological polar surface area (TPSA) is 0 Å². The molecule has 2 aliphatic rings. The molecule has 0 N–H and O–H groups in total. The Morgan fingerprint density at radius 2 is 1.13 bits per heavy atom. The van der Waals surface area contributed by atoms with Crippen LogP contribution >= 0.6 is 23.2 Å². The van der Waals surface area contributed by atoms with Gasteiger partial charge in [0.2, 0.25) is 0 Å². The van der Waals surface area contributed by atoms with E-state index in [4.69, 9.17) is 23.2 Å². The molecule has 0 aliphatic heterocycles. The van der Waals surface area contributed by atoms with Crippen LogP contribution in [0.4, 0.5) is 0 Å². The Morgan fingerprint density at radius 1 is 0.733 bits per heavy atom. The molecular weight excluding hydrogens is 227 g/mol. The summed E-state index contributed by atoms with van der Waals surface area (Å²) in [5, 5.41) is 0. The molecular formula is C13H18Cl2. The second kappa shape index (κ2) is 4.93. The van der Waals surface area contributed by atoms with Crippen LogP contribution in [-0.4, -0.2) is 4.33 Å². The Balaban J connectivity index is 1.92. The van der Waals surface area contributed by atoms with Gasteiger partial charge < -0.3 is 0 Å². The molecule has 2 atom stereocenters. The van der Waals surface area contributed by atoms with E-state index in [-0.39, 0.29) is 0 Å². The number of alkyl halides is 2. The largest absolute Gasteiger partial charge is 0.124 e. The zero-order valence-corrected chi connectivity index (χ0v) is 10.5. The third-order valence-electron chi connectivity index (χ3n) is 3.49. The maximum Gasteiger partial charge on any atom is 0.124 e. The van der Waals surface area contributed by atoms with Crippen molar-refractivity contribution in [2.24, 2.45) is 11.8 Å². The van der Waals surface area contributed by atoms with Gasteiger partial charge in [-0.3, -0.25) is 0 Å². The molecule has 1 fully saturated rings. The monoisotopic (exact) mass is 244 g/mol. The third-order valence-corrected chi connectivity index (χ3v) is 4.61. The fraction of sp³-hybridized carbons (Fsp3) is 0.692. The van der Waals surface area contributed by atoms with Gasteiger partial charge in [0.1, 0.15) is 4.33 Å². The van der Waals surface area contributed by atoms with Crippen LogP contribution < -0.4 is 0 Å². The number of allylic oxidation sites excluding steroid dienone is 4. The van der Waals surface area contributed by atoms with Crippen molar-refractivity contribution in [1.29, 1.82) is 0 Å². The van der Waals surface area contributed by atoms with E-state index < -0.39 is 4.33 Å². The molecule has 0 radical (unpaired) electrons. The average Bonchev–Trinajstić information content (AvgIpc) is 2.67. The van der Waals surface area contributed by atoms with Crippen molar-refractivity contribution in [2.75, 3.05) is 0 Å². The van der Waals surface area contributed by atoms with E-state index in [9.17, 15) is 0 Å². The van der Waals surface area contributed by atoms with Crippen LogP contribution in [0.25, 0.3) is 0 Å². The molecule has 15 heavy (non-hydrogen) atoms. The summed E-state index contributed by atoms with van der Waals surface area (Å²) in [6.45, 7) is 0. The molecule has 2 aliphatic carbocycles. The van der Waals surface area contributed by atoms with E-state index in [1.807, 2.05) is 0 Å². The molecule has 0 aromatic heterocycles. The Hall–Kier alpha value is 0.0600. The number of halogens is 2. The Morgan fingerprint density at radius 3 is 1.60 bits per heavy atom. The first-order valence-corrected chi connectivity index (χ1v) is 6.66. The molecule has 2 unspecified atom stereocenters. The SMILES string of the molecule is ClC1(Cl)C2CC/C=C/CC/C=C/CCC21. The first-order valence-electron chi connectivity index (χ1n) is 5.90. The summed E-state index contributed by atoms with van der Waals surface area (Å²) in [5.74, 6) is 1.05. The summed E-state index contributed by atoms with van der Waals surface area (Å²) < 4.78 is -0.421. The van der Waals surface area contributed by atoms with Gasteiger partial charge in [0.05, 0.1) is 0 Å². The second-order valence-electron chi connectivity index (χ2n) is 4.56. The molecule has 2 rings (SSSR count). The Bertz CT molecular complexity index is 240. The van der Waals surface area contributed by atoms with Gasteiger partial charge in [0.25, 0.3) is 0 Å². The first-order chi connectivity index (χ1) is 7.23. The minimum atomic E-state index is -0.421. The predicted octanol–water partition coefficient (Wildman–Crippen LogP) is 4.87. The Kier molecular flexibility index (Phi) is 3.79. The van der Waals surface area contributed by atoms with Crippen LogP contribution in [0, 0.1) is 11.8 Å². The van der Waals surface area contributed by atoms with E-state index in [1.54, 1.807) is 0 Å². The second-order valence-corrected chi connectivity index (χ2v) is 6.01. The minimum absolute atomic E-state index is 0.421. The van der Waals surface area contributed by atoms with Crippen LogP contribution in [0.1, 0.15) is 38.5 Å². The zero-order valence-electron chi connectivity index (χ0n) is 8.96. The van der Waals surface area contributed by atoms with Crippen LogP contribution in [0.15, 0.2) is 24.3 Å². The van der Waals surface area contributed by atoms with Gasteiger partial charge in [-0.15, -0.1) is 23.2 Å². The quantitative estimate of drug-likeness (QED) is 0.421. The number of hydrogen-bond acceptors (Lipinski definition) is 0. The van der Waals surface area contributed by atoms with Crippen molar-refractivity contribution in [3.8, 4) is 0 Å². The molecule has 0 amide bonds. The van der Waals surface area contributed by atoms with Crippen molar-refractivity contribution in [3.63, 3.8) is 0 Å². The average molecular weight is 245 g/mol. The summed E-state index contributed by atoms with van der Waals surface area (Å²) in [5.41, 5.74) is 0. The van der Waals surface area contributed by atoms with E-state index >= 15 is 0 Å². The van der Waals surface area contributed by atoms with Gasteiger partial charge in [-0.05, 0) is 50.4 Å². The van der Waals surface area contributed by atoms with Crippen molar-refractivity contribution < 1.29 is 0 Å². The van der Waals surface area contributed by atoms with Gasteiger partial charge in [-0.25, -0.2) is 0 Å². The van der Waals surface area contributed by atoms with Crippen molar-refractivity contribution in [3.05, 3.63) is 24.3 Å². The lowest BCUT2D eigenvalue weighted by molar-refractivity contribution is 0.616. The Labute approximate surface area is 102 Å². The summed E-state index contributed by atoms with van der Waals surface area (Å²) in [6, 6.07) is 0. The zero-order chi connectivity index (χ0) is 10.7. The standard InChI is InChI=1S/C13H18Cl2/c14-13(15)11-9-7-5-3-1-2-4-6-8-10-12(11)13/h3-6,11-12H,1-2,7-10H2/b5-3+,6-4+.